The third-order valence-corrected chi connectivity index (χ3v) is 3.72. The number of carbonyl (C=O) groups is 1. The van der Waals surface area contributed by atoms with Crippen molar-refractivity contribution in [3.05, 3.63) is 36.9 Å². The van der Waals surface area contributed by atoms with Gasteiger partial charge in [0.2, 0.25) is 5.76 Å². The Hall–Kier alpha value is -2.48. The van der Waals surface area contributed by atoms with E-state index in [9.17, 15) is 4.79 Å². The molecule has 2 atom stereocenters. The average Bonchev–Trinajstić information content (AvgIpc) is 3.23. The first kappa shape index (κ1) is 14.5. The number of amides is 1. The van der Waals surface area contributed by atoms with Crippen LogP contribution in [0.5, 0.6) is 0 Å². The van der Waals surface area contributed by atoms with Crippen LogP contribution in [0.4, 0.5) is 5.82 Å². The van der Waals surface area contributed by atoms with Gasteiger partial charge in [0, 0.05) is 26.4 Å². The number of aromatic nitrogens is 3. The second kappa shape index (κ2) is 6.52. The van der Waals surface area contributed by atoms with Gasteiger partial charge in [0.1, 0.15) is 12.1 Å². The molecule has 8 heteroatoms. The summed E-state index contributed by atoms with van der Waals surface area (Å²) in [5.74, 6) is 0.754. The van der Waals surface area contributed by atoms with Crippen LogP contribution < -0.4 is 10.2 Å². The monoisotopic (exact) mass is 303 g/mol. The molecule has 8 nitrogen and oxygen atoms in total. The van der Waals surface area contributed by atoms with Crippen molar-refractivity contribution in [2.75, 3.05) is 25.1 Å². The van der Waals surface area contributed by atoms with Crippen molar-refractivity contribution in [1.82, 2.24) is 20.3 Å². The van der Waals surface area contributed by atoms with Crippen molar-refractivity contribution in [3.8, 4) is 0 Å². The van der Waals surface area contributed by atoms with E-state index in [4.69, 9.17) is 9.15 Å². The summed E-state index contributed by atoms with van der Waals surface area (Å²) in [7, 11) is 1.69. The molecule has 3 rings (SSSR count). The first-order chi connectivity index (χ1) is 10.8. The highest BCUT2D eigenvalue weighted by atomic mass is 16.5. The zero-order chi connectivity index (χ0) is 15.4. The quantitative estimate of drug-likeness (QED) is 0.859. The van der Waals surface area contributed by atoms with E-state index in [2.05, 4.69) is 25.2 Å². The summed E-state index contributed by atoms with van der Waals surface area (Å²) >= 11 is 0. The Bertz CT molecular complexity index is 604. The third-order valence-electron chi connectivity index (χ3n) is 3.72. The largest absolute Gasteiger partial charge is 0.438 e. The fourth-order valence-electron chi connectivity index (χ4n) is 2.60. The van der Waals surface area contributed by atoms with Gasteiger partial charge in [0.05, 0.1) is 18.3 Å². The van der Waals surface area contributed by atoms with Crippen LogP contribution in [-0.2, 0) is 4.74 Å². The number of oxazole rings is 1. The summed E-state index contributed by atoms with van der Waals surface area (Å²) < 4.78 is 10.4. The van der Waals surface area contributed by atoms with Crippen molar-refractivity contribution in [2.45, 2.75) is 18.6 Å². The smallest absolute Gasteiger partial charge is 0.288 e. The minimum absolute atomic E-state index is 0.103. The Kier molecular flexibility index (Phi) is 4.29. The van der Waals surface area contributed by atoms with Crippen molar-refractivity contribution in [2.24, 2.45) is 0 Å². The predicted molar refractivity (Wildman–Crippen MR) is 77.4 cm³/mol. The lowest BCUT2D eigenvalue weighted by Crippen LogP contribution is -2.40. The molecule has 22 heavy (non-hydrogen) atoms. The van der Waals surface area contributed by atoms with E-state index >= 15 is 0 Å². The lowest BCUT2D eigenvalue weighted by Gasteiger charge is -2.25. The molecule has 1 N–H and O–H groups in total. The van der Waals surface area contributed by atoms with Crippen LogP contribution >= 0.6 is 0 Å². The number of rotatable bonds is 5. The topological polar surface area (TPSA) is 93.4 Å². The van der Waals surface area contributed by atoms with Gasteiger partial charge in [-0.25, -0.2) is 15.0 Å². The molecule has 116 valence electrons. The van der Waals surface area contributed by atoms with E-state index in [1.165, 1.54) is 18.9 Å². The fraction of sp³-hybridized carbons (Fsp3) is 0.429. The van der Waals surface area contributed by atoms with Crippen LogP contribution in [0.2, 0.25) is 0 Å². The molecule has 0 spiro atoms. The van der Waals surface area contributed by atoms with E-state index in [0.717, 1.165) is 18.8 Å². The SMILES string of the molecule is CO[C@@H]1C[C@H](CNC(=O)c2cnco2)N(c2ccncn2)C1. The van der Waals surface area contributed by atoms with Crippen molar-refractivity contribution >= 4 is 11.7 Å². The number of nitrogens with zero attached hydrogens (tertiary/aromatic N) is 4. The Morgan fingerprint density at radius 3 is 3.14 bits per heavy atom. The maximum Gasteiger partial charge on any atom is 0.288 e. The Balaban J connectivity index is 1.66. The lowest BCUT2D eigenvalue weighted by atomic mass is 10.2. The van der Waals surface area contributed by atoms with Gasteiger partial charge in [0.15, 0.2) is 6.39 Å². The number of ether oxygens (including phenoxy) is 1. The Labute approximate surface area is 127 Å². The molecule has 0 radical (unpaired) electrons. The molecule has 0 unspecified atom stereocenters. The van der Waals surface area contributed by atoms with E-state index in [0.29, 0.717) is 6.54 Å². The molecular weight excluding hydrogens is 286 g/mol. The summed E-state index contributed by atoms with van der Waals surface area (Å²) in [5, 5.41) is 2.86. The highest BCUT2D eigenvalue weighted by molar-refractivity contribution is 5.91. The van der Waals surface area contributed by atoms with Crippen LogP contribution in [0.15, 0.2) is 35.6 Å². The zero-order valence-electron chi connectivity index (χ0n) is 12.2. The normalized spacial score (nSPS) is 21.0. The second-order valence-corrected chi connectivity index (χ2v) is 5.04. The molecule has 1 aliphatic heterocycles. The van der Waals surface area contributed by atoms with Crippen molar-refractivity contribution < 1.29 is 13.9 Å². The maximum atomic E-state index is 11.9. The number of nitrogens with one attached hydrogen (secondary N) is 1. The third kappa shape index (κ3) is 3.06. The minimum Gasteiger partial charge on any atom is -0.438 e. The lowest BCUT2D eigenvalue weighted by molar-refractivity contribution is 0.0919. The van der Waals surface area contributed by atoms with Gasteiger partial charge >= 0.3 is 0 Å². The molecule has 1 aliphatic rings. The van der Waals surface area contributed by atoms with Gasteiger partial charge in [0.25, 0.3) is 5.91 Å². The second-order valence-electron chi connectivity index (χ2n) is 5.04. The minimum atomic E-state index is -0.277. The van der Waals surface area contributed by atoms with Crippen molar-refractivity contribution in [1.29, 1.82) is 0 Å². The summed E-state index contributed by atoms with van der Waals surface area (Å²) in [6, 6.07) is 1.95. The van der Waals surface area contributed by atoms with Gasteiger partial charge < -0.3 is 19.4 Å². The summed E-state index contributed by atoms with van der Waals surface area (Å²) in [6.45, 7) is 1.21. The first-order valence-corrected chi connectivity index (χ1v) is 7.00. The average molecular weight is 303 g/mol. The van der Waals surface area contributed by atoms with Gasteiger partial charge in [-0.3, -0.25) is 4.79 Å². The summed E-state index contributed by atoms with van der Waals surface area (Å²) in [6.07, 6.45) is 6.77. The zero-order valence-corrected chi connectivity index (χ0v) is 12.2. The van der Waals surface area contributed by atoms with Gasteiger partial charge in [-0.2, -0.15) is 0 Å². The van der Waals surface area contributed by atoms with E-state index in [1.54, 1.807) is 13.3 Å². The van der Waals surface area contributed by atoms with Crippen LogP contribution in [0, 0.1) is 0 Å². The highest BCUT2D eigenvalue weighted by Crippen LogP contribution is 2.24. The van der Waals surface area contributed by atoms with Gasteiger partial charge in [-0.15, -0.1) is 0 Å². The molecule has 1 saturated heterocycles. The van der Waals surface area contributed by atoms with E-state index in [-0.39, 0.29) is 23.8 Å². The highest BCUT2D eigenvalue weighted by Gasteiger charge is 2.33. The van der Waals surface area contributed by atoms with Crippen LogP contribution in [-0.4, -0.2) is 53.2 Å². The summed E-state index contributed by atoms with van der Waals surface area (Å²) in [4.78, 5) is 26.0. The number of carbonyl (C=O) groups excluding carboxylic acids is 1. The molecule has 0 aliphatic carbocycles. The van der Waals surface area contributed by atoms with Crippen molar-refractivity contribution in [3.63, 3.8) is 0 Å². The van der Waals surface area contributed by atoms with Crippen LogP contribution in [0.25, 0.3) is 0 Å². The van der Waals surface area contributed by atoms with E-state index < -0.39 is 0 Å². The Morgan fingerprint density at radius 2 is 2.45 bits per heavy atom. The molecule has 0 bridgehead atoms. The maximum absolute atomic E-state index is 11.9. The number of hydrogen-bond acceptors (Lipinski definition) is 7. The molecule has 0 aromatic carbocycles. The van der Waals surface area contributed by atoms with E-state index in [1.807, 2.05) is 6.07 Å². The molecule has 1 fully saturated rings. The predicted octanol–water partition coefficient (Wildman–Crippen LogP) is 0.488. The van der Waals surface area contributed by atoms with Gasteiger partial charge in [-0.1, -0.05) is 0 Å². The molecular formula is C14H17N5O3. The molecule has 2 aromatic heterocycles. The molecule has 2 aromatic rings. The number of anilines is 1. The number of hydrogen-bond donors (Lipinski definition) is 1. The molecule has 1 amide bonds. The van der Waals surface area contributed by atoms with Gasteiger partial charge in [-0.05, 0) is 12.5 Å². The first-order valence-electron chi connectivity index (χ1n) is 7.00. The molecule has 3 heterocycles. The Morgan fingerprint density at radius 1 is 1.55 bits per heavy atom. The summed E-state index contributed by atoms with van der Waals surface area (Å²) in [5.41, 5.74) is 0. The van der Waals surface area contributed by atoms with Crippen LogP contribution in [0.1, 0.15) is 17.0 Å². The van der Waals surface area contributed by atoms with Crippen LogP contribution in [0.3, 0.4) is 0 Å². The number of methoxy groups -OCH3 is 1. The standard InChI is InChI=1S/C14H17N5O3/c1-21-11-4-10(5-17-14(20)12-6-16-9-22-12)19(7-11)13-2-3-15-8-18-13/h2-3,6,8-11H,4-5,7H2,1H3,(H,17,20)/t10-,11-/m1/s1. The molecule has 0 saturated carbocycles. The fourth-order valence-corrected chi connectivity index (χ4v) is 2.60.